The van der Waals surface area contributed by atoms with Crippen LogP contribution in [0.2, 0.25) is 0 Å². The molecule has 3 aromatic rings. The quantitative estimate of drug-likeness (QED) is 0.342. The molecule has 0 radical (unpaired) electrons. The van der Waals surface area contributed by atoms with Crippen molar-refractivity contribution in [2.45, 2.75) is 50.2 Å². The molecule has 172 valence electrons. The van der Waals surface area contributed by atoms with Crippen LogP contribution in [0.1, 0.15) is 54.0 Å². The van der Waals surface area contributed by atoms with Crippen LogP contribution in [-0.2, 0) is 22.2 Å². The predicted molar refractivity (Wildman–Crippen MR) is 109 cm³/mol. The number of alkyl halides is 3. The second-order valence-corrected chi connectivity index (χ2v) is 9.03. The van der Waals surface area contributed by atoms with Gasteiger partial charge in [-0.15, -0.1) is 0 Å². The first-order chi connectivity index (χ1) is 15.4. The van der Waals surface area contributed by atoms with Crippen molar-refractivity contribution in [1.29, 1.82) is 0 Å². The number of ether oxygens (including phenoxy) is 1. The molecule has 1 aliphatic carbocycles. The summed E-state index contributed by atoms with van der Waals surface area (Å²) in [4.78, 5) is 31.4. The van der Waals surface area contributed by atoms with Crippen LogP contribution in [0, 0.1) is 5.82 Å². The summed E-state index contributed by atoms with van der Waals surface area (Å²) in [7, 11) is 0. The minimum Gasteiger partial charge on any atom is -0.426 e. The van der Waals surface area contributed by atoms with Crippen molar-refractivity contribution in [3.8, 4) is 5.75 Å². The van der Waals surface area contributed by atoms with E-state index >= 15 is 0 Å². The summed E-state index contributed by atoms with van der Waals surface area (Å²) in [6.45, 7) is 3.10. The van der Waals surface area contributed by atoms with Crippen LogP contribution in [0.3, 0.4) is 0 Å². The van der Waals surface area contributed by atoms with Gasteiger partial charge in [-0.05, 0) is 57.0 Å². The second kappa shape index (κ2) is 6.79. The van der Waals surface area contributed by atoms with Crippen LogP contribution >= 0.6 is 0 Å². The van der Waals surface area contributed by atoms with Crippen molar-refractivity contribution in [3.63, 3.8) is 0 Å². The fourth-order valence-corrected chi connectivity index (χ4v) is 4.07. The predicted octanol–water partition coefficient (Wildman–Crippen LogP) is 4.42. The van der Waals surface area contributed by atoms with Gasteiger partial charge in [-0.3, -0.25) is 9.59 Å². The number of imidazole rings is 1. The Bertz CT molecular complexity index is 1320. The molecule has 0 atom stereocenters. The summed E-state index contributed by atoms with van der Waals surface area (Å²) in [5, 5.41) is 2.58. The topological polar surface area (TPSA) is 84.1 Å². The molecule has 2 aromatic carbocycles. The van der Waals surface area contributed by atoms with E-state index in [1.54, 1.807) is 13.8 Å². The van der Waals surface area contributed by atoms with Gasteiger partial charge >= 0.3 is 12.1 Å². The maximum Gasteiger partial charge on any atom is 0.401 e. The van der Waals surface area contributed by atoms with E-state index in [9.17, 15) is 27.2 Å². The fourth-order valence-electron chi connectivity index (χ4n) is 4.07. The van der Waals surface area contributed by atoms with E-state index < -0.39 is 34.7 Å². The highest BCUT2D eigenvalue weighted by molar-refractivity contribution is 5.97. The molecule has 1 aromatic heterocycles. The summed E-state index contributed by atoms with van der Waals surface area (Å²) in [5.74, 6) is -1.52. The maximum atomic E-state index is 14.6. The molecule has 0 bridgehead atoms. The number of nitrogens with one attached hydrogen (secondary N) is 2. The average molecular weight is 461 g/mol. The van der Waals surface area contributed by atoms with Gasteiger partial charge in [-0.2, -0.15) is 13.2 Å². The van der Waals surface area contributed by atoms with Crippen molar-refractivity contribution < 1.29 is 31.9 Å². The number of benzene rings is 2. The van der Waals surface area contributed by atoms with Crippen molar-refractivity contribution >= 4 is 22.9 Å². The molecule has 5 rings (SSSR count). The van der Waals surface area contributed by atoms with Crippen molar-refractivity contribution in [1.82, 2.24) is 15.3 Å². The molecule has 2 aliphatic rings. The van der Waals surface area contributed by atoms with E-state index in [4.69, 9.17) is 4.74 Å². The zero-order valence-corrected chi connectivity index (χ0v) is 17.7. The first kappa shape index (κ1) is 21.4. The molecule has 0 unspecified atom stereocenters. The number of rotatable bonds is 4. The van der Waals surface area contributed by atoms with Crippen LogP contribution in [0.4, 0.5) is 17.6 Å². The summed E-state index contributed by atoms with van der Waals surface area (Å²) in [5.41, 5.74) is -1.52. The summed E-state index contributed by atoms with van der Waals surface area (Å²) in [6, 6.07) is 6.95. The second-order valence-electron chi connectivity index (χ2n) is 9.03. The molecular formula is C23H19F4N3O3. The normalized spacial score (nSPS) is 18.2. The molecule has 1 amide bonds. The van der Waals surface area contributed by atoms with Crippen molar-refractivity contribution in [2.24, 2.45) is 0 Å². The van der Waals surface area contributed by atoms with Crippen LogP contribution in [0.5, 0.6) is 5.75 Å². The third-order valence-electron chi connectivity index (χ3n) is 6.47. The zero-order valence-electron chi connectivity index (χ0n) is 17.7. The van der Waals surface area contributed by atoms with Gasteiger partial charge in [-0.1, -0.05) is 0 Å². The smallest absolute Gasteiger partial charge is 0.401 e. The number of fused-ring (bicyclic) bond motifs is 2. The minimum atomic E-state index is -4.40. The Balaban J connectivity index is 1.34. The zero-order chi connectivity index (χ0) is 23.8. The maximum absolute atomic E-state index is 14.6. The number of carbonyl (C=O) groups is 2. The largest absolute Gasteiger partial charge is 0.426 e. The molecular weight excluding hydrogens is 442 g/mol. The number of halogens is 4. The highest BCUT2D eigenvalue weighted by atomic mass is 19.4. The van der Waals surface area contributed by atoms with E-state index in [0.717, 1.165) is 0 Å². The number of aromatic nitrogens is 2. The number of carbonyl (C=O) groups excluding carboxylic acids is 2. The van der Waals surface area contributed by atoms with E-state index in [2.05, 4.69) is 15.3 Å². The molecule has 10 heteroatoms. The lowest BCUT2D eigenvalue weighted by Crippen LogP contribution is -2.29. The third kappa shape index (κ3) is 3.27. The standard InChI is InChI=1S/C23H19F4N3O3/c1-21(2)13-9-14(24)12(8-17(13)33-20(21)32)10-28-18(31)11-3-4-15-16(7-11)30-19(29-15)22(5-6-22)23(25,26)27/h3-4,7-9H,5-6,10H2,1-2H3,(H,28,31)(H,29,30). The van der Waals surface area contributed by atoms with Crippen molar-refractivity contribution in [2.75, 3.05) is 0 Å². The number of amides is 1. The molecule has 0 saturated heterocycles. The fraction of sp³-hybridized carbons (Fsp3) is 0.348. The summed E-state index contributed by atoms with van der Waals surface area (Å²) in [6.07, 6.45) is -4.45. The first-order valence-corrected chi connectivity index (χ1v) is 10.3. The highest BCUT2D eigenvalue weighted by Crippen LogP contribution is 2.58. The number of esters is 1. The van der Waals surface area contributed by atoms with Gasteiger partial charge < -0.3 is 15.0 Å². The summed E-state index contributed by atoms with van der Waals surface area (Å²) < 4.78 is 59.9. The van der Waals surface area contributed by atoms with Crippen LogP contribution in [-0.4, -0.2) is 28.0 Å². The van der Waals surface area contributed by atoms with Gasteiger partial charge in [0.2, 0.25) is 0 Å². The van der Waals surface area contributed by atoms with Gasteiger partial charge in [0, 0.05) is 23.2 Å². The van der Waals surface area contributed by atoms with E-state index in [1.807, 2.05) is 0 Å². The number of nitrogens with zero attached hydrogens (tertiary/aromatic N) is 1. The molecule has 2 N–H and O–H groups in total. The van der Waals surface area contributed by atoms with Gasteiger partial charge in [-0.25, -0.2) is 9.37 Å². The van der Waals surface area contributed by atoms with Crippen LogP contribution in [0.15, 0.2) is 30.3 Å². The van der Waals surface area contributed by atoms with Gasteiger partial charge in [0.15, 0.2) is 0 Å². The molecule has 6 nitrogen and oxygen atoms in total. The minimum absolute atomic E-state index is 0.0253. The lowest BCUT2D eigenvalue weighted by Gasteiger charge is -2.16. The van der Waals surface area contributed by atoms with E-state index in [0.29, 0.717) is 11.1 Å². The van der Waals surface area contributed by atoms with E-state index in [1.165, 1.54) is 30.3 Å². The number of hydrogen-bond donors (Lipinski definition) is 2. The molecule has 1 saturated carbocycles. The third-order valence-corrected chi connectivity index (χ3v) is 6.47. The first-order valence-electron chi connectivity index (χ1n) is 10.3. The Morgan fingerprint density at radius 1 is 1.21 bits per heavy atom. The average Bonchev–Trinajstić information content (AvgIpc) is 3.41. The van der Waals surface area contributed by atoms with Crippen molar-refractivity contribution in [3.05, 3.63) is 58.7 Å². The molecule has 33 heavy (non-hydrogen) atoms. The Hall–Kier alpha value is -3.43. The van der Waals surface area contributed by atoms with Gasteiger partial charge in [0.1, 0.15) is 22.8 Å². The highest BCUT2D eigenvalue weighted by Gasteiger charge is 2.66. The number of H-pyrrole nitrogens is 1. The number of aromatic amines is 1. The van der Waals surface area contributed by atoms with Gasteiger partial charge in [0.25, 0.3) is 5.91 Å². The molecule has 0 spiro atoms. The number of hydrogen-bond acceptors (Lipinski definition) is 4. The van der Waals surface area contributed by atoms with Crippen LogP contribution in [0.25, 0.3) is 11.0 Å². The molecule has 2 heterocycles. The monoisotopic (exact) mass is 461 g/mol. The molecule has 1 aliphatic heterocycles. The Morgan fingerprint density at radius 3 is 2.61 bits per heavy atom. The van der Waals surface area contributed by atoms with E-state index in [-0.39, 0.29) is 47.6 Å². The van der Waals surface area contributed by atoms with Gasteiger partial charge in [0.05, 0.1) is 16.4 Å². The van der Waals surface area contributed by atoms with Crippen LogP contribution < -0.4 is 10.1 Å². The Labute approximate surface area is 185 Å². The SMILES string of the molecule is CC1(C)C(=O)Oc2cc(CNC(=O)c3ccc4[nH]c(C5(C(F)(F)F)CC5)nc4c3)c(F)cc21. The Morgan fingerprint density at radius 2 is 1.94 bits per heavy atom. The Kier molecular flexibility index (Phi) is 4.40. The summed E-state index contributed by atoms with van der Waals surface area (Å²) >= 11 is 0. The lowest BCUT2D eigenvalue weighted by atomic mass is 9.86. The molecule has 1 fully saturated rings. The lowest BCUT2D eigenvalue weighted by molar-refractivity contribution is -0.162.